The van der Waals surface area contributed by atoms with Crippen molar-refractivity contribution in [1.29, 1.82) is 0 Å². The van der Waals surface area contributed by atoms with Crippen molar-refractivity contribution in [3.8, 4) is 5.75 Å². The van der Waals surface area contributed by atoms with Gasteiger partial charge >= 0.3 is 10.1 Å². The number of hydrogen-bond acceptors (Lipinski definition) is 3. The van der Waals surface area contributed by atoms with Gasteiger partial charge in [0.2, 0.25) is 5.94 Å². The molecule has 0 fully saturated rings. The summed E-state index contributed by atoms with van der Waals surface area (Å²) in [4.78, 5) is 0. The normalized spacial score (nSPS) is 11.6. The van der Waals surface area contributed by atoms with Gasteiger partial charge in [0, 0.05) is 5.39 Å². The third-order valence-corrected chi connectivity index (χ3v) is 2.53. The molecular formula is C11H10O4S. The summed E-state index contributed by atoms with van der Waals surface area (Å²) in [6, 6.07) is 12.8. The van der Waals surface area contributed by atoms with Crippen molar-refractivity contribution in [2.45, 2.75) is 0 Å². The van der Waals surface area contributed by atoms with Crippen molar-refractivity contribution < 1.29 is 17.7 Å². The van der Waals surface area contributed by atoms with Crippen LogP contribution in [0.2, 0.25) is 0 Å². The van der Waals surface area contributed by atoms with Gasteiger partial charge in [0.1, 0.15) is 5.75 Å². The molecule has 16 heavy (non-hydrogen) atoms. The molecule has 0 spiro atoms. The Morgan fingerprint density at radius 3 is 2.50 bits per heavy atom. The number of hydrogen-bond donors (Lipinski definition) is 1. The van der Waals surface area contributed by atoms with Gasteiger partial charge in [0.05, 0.1) is 0 Å². The van der Waals surface area contributed by atoms with Crippen molar-refractivity contribution in [3.05, 3.63) is 42.5 Å². The molecule has 0 aromatic heterocycles. The van der Waals surface area contributed by atoms with Gasteiger partial charge in [-0.2, -0.15) is 8.42 Å². The van der Waals surface area contributed by atoms with E-state index >= 15 is 0 Å². The minimum absolute atomic E-state index is 0.440. The van der Waals surface area contributed by atoms with E-state index in [0.29, 0.717) is 5.75 Å². The Labute approximate surface area is 93.2 Å². The summed E-state index contributed by atoms with van der Waals surface area (Å²) in [7, 11) is -4.11. The lowest BCUT2D eigenvalue weighted by atomic mass is 10.1. The molecule has 5 heteroatoms. The molecule has 1 N–H and O–H groups in total. The molecule has 0 unspecified atom stereocenters. The summed E-state index contributed by atoms with van der Waals surface area (Å²) in [6.45, 7) is 0. The predicted molar refractivity (Wildman–Crippen MR) is 61.0 cm³/mol. The largest absolute Gasteiger partial charge is 0.475 e. The van der Waals surface area contributed by atoms with Crippen molar-refractivity contribution >= 4 is 20.9 Å². The van der Waals surface area contributed by atoms with Crippen LogP contribution in [-0.2, 0) is 10.1 Å². The molecule has 2 aromatic rings. The van der Waals surface area contributed by atoms with E-state index in [4.69, 9.17) is 9.29 Å². The Morgan fingerprint density at radius 1 is 1.06 bits per heavy atom. The van der Waals surface area contributed by atoms with Gasteiger partial charge in [-0.3, -0.25) is 4.55 Å². The Balaban J connectivity index is 2.38. The fraction of sp³-hybridized carbons (Fsp3) is 0.0909. The van der Waals surface area contributed by atoms with Gasteiger partial charge in [-0.15, -0.1) is 0 Å². The highest BCUT2D eigenvalue weighted by Gasteiger charge is 2.07. The summed E-state index contributed by atoms with van der Waals surface area (Å²) in [6.07, 6.45) is 0. The minimum Gasteiger partial charge on any atom is -0.475 e. The second-order valence-electron chi connectivity index (χ2n) is 3.32. The van der Waals surface area contributed by atoms with E-state index in [1.54, 1.807) is 12.1 Å². The van der Waals surface area contributed by atoms with Crippen LogP contribution < -0.4 is 4.74 Å². The first kappa shape index (κ1) is 10.9. The summed E-state index contributed by atoms with van der Waals surface area (Å²) in [5.74, 6) is -0.295. The fourth-order valence-corrected chi connectivity index (χ4v) is 1.74. The number of benzene rings is 2. The Morgan fingerprint density at radius 2 is 1.75 bits per heavy atom. The van der Waals surface area contributed by atoms with Gasteiger partial charge in [-0.1, -0.05) is 36.4 Å². The lowest BCUT2D eigenvalue weighted by Gasteiger charge is -2.07. The molecule has 0 aliphatic rings. The standard InChI is InChI=1S/C11H10O4S/c12-16(13,14)8-15-11-7-3-5-9-4-1-2-6-10(9)11/h1-7H,8H2,(H,12,13,14). The van der Waals surface area contributed by atoms with Gasteiger partial charge in [-0.25, -0.2) is 0 Å². The molecule has 4 nitrogen and oxygen atoms in total. The lowest BCUT2D eigenvalue weighted by Crippen LogP contribution is -2.10. The first-order valence-corrected chi connectivity index (χ1v) is 6.23. The van der Waals surface area contributed by atoms with Crippen molar-refractivity contribution in [3.63, 3.8) is 0 Å². The molecule has 2 aromatic carbocycles. The van der Waals surface area contributed by atoms with Gasteiger partial charge < -0.3 is 4.74 Å². The highest BCUT2D eigenvalue weighted by atomic mass is 32.2. The number of ether oxygens (including phenoxy) is 1. The highest BCUT2D eigenvalue weighted by molar-refractivity contribution is 7.85. The van der Waals surface area contributed by atoms with Crippen LogP contribution in [0.4, 0.5) is 0 Å². The summed E-state index contributed by atoms with van der Waals surface area (Å²) >= 11 is 0. The van der Waals surface area contributed by atoms with Crippen molar-refractivity contribution in [2.75, 3.05) is 5.94 Å². The van der Waals surface area contributed by atoms with Crippen LogP contribution in [0.3, 0.4) is 0 Å². The Kier molecular flexibility index (Phi) is 2.80. The molecule has 0 bridgehead atoms. The fourth-order valence-electron chi connectivity index (χ4n) is 1.46. The van der Waals surface area contributed by atoms with Crippen LogP contribution in [0.5, 0.6) is 5.75 Å². The predicted octanol–water partition coefficient (Wildman–Crippen LogP) is 2.06. The first-order valence-electron chi connectivity index (χ1n) is 4.62. The minimum atomic E-state index is -4.11. The van der Waals surface area contributed by atoms with E-state index in [2.05, 4.69) is 0 Å². The van der Waals surface area contributed by atoms with Crippen LogP contribution in [0.15, 0.2) is 42.5 Å². The zero-order valence-electron chi connectivity index (χ0n) is 8.33. The van der Waals surface area contributed by atoms with Crippen LogP contribution in [0, 0.1) is 0 Å². The van der Waals surface area contributed by atoms with Gasteiger partial charge in [0.15, 0.2) is 0 Å². The van der Waals surface area contributed by atoms with Crippen LogP contribution in [0.1, 0.15) is 0 Å². The smallest absolute Gasteiger partial charge is 0.300 e. The number of rotatable bonds is 3. The molecule has 0 saturated carbocycles. The third-order valence-electron chi connectivity index (χ3n) is 2.11. The Bertz CT molecular complexity index is 599. The summed E-state index contributed by atoms with van der Waals surface area (Å²) < 4.78 is 34.8. The first-order chi connectivity index (χ1) is 7.56. The van der Waals surface area contributed by atoms with Crippen LogP contribution >= 0.6 is 0 Å². The molecule has 0 aliphatic carbocycles. The molecule has 0 atom stereocenters. The Hall–Kier alpha value is -1.59. The molecule has 0 heterocycles. The maximum atomic E-state index is 10.6. The van der Waals surface area contributed by atoms with E-state index in [-0.39, 0.29) is 0 Å². The monoisotopic (exact) mass is 238 g/mol. The molecule has 84 valence electrons. The van der Waals surface area contributed by atoms with E-state index < -0.39 is 16.1 Å². The molecule has 0 amide bonds. The SMILES string of the molecule is O=S(=O)(O)COc1cccc2ccccc12. The van der Waals surface area contributed by atoms with Gasteiger partial charge in [0.25, 0.3) is 0 Å². The lowest BCUT2D eigenvalue weighted by molar-refractivity contribution is 0.356. The van der Waals surface area contributed by atoms with Crippen LogP contribution in [-0.4, -0.2) is 18.9 Å². The molecule has 0 saturated heterocycles. The van der Waals surface area contributed by atoms with Crippen LogP contribution in [0.25, 0.3) is 10.8 Å². The third kappa shape index (κ3) is 2.50. The maximum absolute atomic E-state index is 10.6. The van der Waals surface area contributed by atoms with E-state index in [1.165, 1.54) is 0 Å². The molecular weight excluding hydrogens is 228 g/mol. The zero-order valence-corrected chi connectivity index (χ0v) is 9.15. The van der Waals surface area contributed by atoms with Gasteiger partial charge in [-0.05, 0) is 11.5 Å². The zero-order chi connectivity index (χ0) is 11.6. The average molecular weight is 238 g/mol. The molecule has 0 radical (unpaired) electrons. The quantitative estimate of drug-likeness (QED) is 0.831. The topological polar surface area (TPSA) is 63.6 Å². The maximum Gasteiger partial charge on any atom is 0.300 e. The van der Waals surface area contributed by atoms with E-state index in [1.807, 2.05) is 30.3 Å². The highest BCUT2D eigenvalue weighted by Crippen LogP contribution is 2.25. The van der Waals surface area contributed by atoms with E-state index in [0.717, 1.165) is 10.8 Å². The average Bonchev–Trinajstić information content (AvgIpc) is 2.25. The summed E-state index contributed by atoms with van der Waals surface area (Å²) in [5, 5.41) is 1.77. The van der Waals surface area contributed by atoms with Crippen molar-refractivity contribution in [1.82, 2.24) is 0 Å². The van der Waals surface area contributed by atoms with Crippen molar-refractivity contribution in [2.24, 2.45) is 0 Å². The number of fused-ring (bicyclic) bond motifs is 1. The molecule has 0 aliphatic heterocycles. The summed E-state index contributed by atoms with van der Waals surface area (Å²) in [5.41, 5.74) is 0. The second-order valence-corrected chi connectivity index (χ2v) is 4.72. The second kappa shape index (κ2) is 4.11. The molecule has 2 rings (SSSR count). The van der Waals surface area contributed by atoms with E-state index in [9.17, 15) is 8.42 Å².